The van der Waals surface area contributed by atoms with Gasteiger partial charge in [0.05, 0.1) is 17.1 Å². The van der Waals surface area contributed by atoms with Crippen molar-refractivity contribution >= 4 is 45.9 Å². The molecule has 0 spiro atoms. The van der Waals surface area contributed by atoms with Crippen molar-refractivity contribution in [3.63, 3.8) is 0 Å². The lowest BCUT2D eigenvalue weighted by Crippen LogP contribution is -2.32. The minimum atomic E-state index is -4.74. The Labute approximate surface area is 262 Å². The monoisotopic (exact) mass is 638 g/mol. The van der Waals surface area contributed by atoms with Gasteiger partial charge in [-0.25, -0.2) is 9.67 Å². The quantitative estimate of drug-likeness (QED) is 0.152. The number of benzene rings is 3. The first-order valence-corrected chi connectivity index (χ1v) is 15.4. The summed E-state index contributed by atoms with van der Waals surface area (Å²) in [5.41, 5.74) is 4.47. The van der Waals surface area contributed by atoms with Crippen LogP contribution in [-0.4, -0.2) is 49.6 Å². The lowest BCUT2D eigenvalue weighted by molar-refractivity contribution is -0.274. The van der Waals surface area contributed by atoms with Crippen LogP contribution in [0.4, 0.5) is 18.9 Å². The van der Waals surface area contributed by atoms with E-state index in [-0.39, 0.29) is 11.7 Å². The predicted molar refractivity (Wildman–Crippen MR) is 170 cm³/mol. The van der Waals surface area contributed by atoms with E-state index in [1.54, 1.807) is 4.90 Å². The van der Waals surface area contributed by atoms with Gasteiger partial charge in [-0.3, -0.25) is 9.69 Å². The molecule has 0 aliphatic carbocycles. The van der Waals surface area contributed by atoms with Crippen molar-refractivity contribution in [1.82, 2.24) is 20.1 Å². The summed E-state index contributed by atoms with van der Waals surface area (Å²) in [5.74, 6) is 0.524. The molecule has 4 aromatic rings. The Morgan fingerprint density at radius 2 is 1.82 bits per heavy atom. The topological polar surface area (TPSA) is 84.6 Å². The number of hydrogen-bond donors (Lipinski definition) is 1. The average molecular weight is 639 g/mol. The van der Waals surface area contributed by atoms with Gasteiger partial charge in [0.2, 0.25) is 5.91 Å². The van der Waals surface area contributed by atoms with Gasteiger partial charge in [0, 0.05) is 12.1 Å². The highest BCUT2D eigenvalue weighted by molar-refractivity contribution is 8.15. The van der Waals surface area contributed by atoms with E-state index in [4.69, 9.17) is 12.2 Å². The van der Waals surface area contributed by atoms with Gasteiger partial charge in [-0.1, -0.05) is 67.6 Å². The number of aryl methyl sites for hydroxylation is 2. The number of ether oxygens (including phenoxy) is 1. The molecule has 5 rings (SSSR count). The molecule has 2 heterocycles. The molecule has 8 nitrogen and oxygen atoms in total. The fourth-order valence-electron chi connectivity index (χ4n) is 4.65. The smallest absolute Gasteiger partial charge is 0.406 e. The Kier molecular flexibility index (Phi) is 9.95. The molecular formula is C31H29F3N6O2S2. The van der Waals surface area contributed by atoms with E-state index in [0.29, 0.717) is 34.1 Å². The number of thioether (sulfide) groups is 1. The summed E-state index contributed by atoms with van der Waals surface area (Å²) in [7, 11) is 0. The maximum Gasteiger partial charge on any atom is 0.573 e. The second kappa shape index (κ2) is 14.0. The number of alkyl halides is 3. The number of aliphatic imine (C=N–C) groups is 1. The number of rotatable bonds is 10. The zero-order valence-corrected chi connectivity index (χ0v) is 25.4. The van der Waals surface area contributed by atoms with E-state index in [2.05, 4.69) is 32.1 Å². The number of hydrogen-bond acceptors (Lipinski definition) is 6. The summed E-state index contributed by atoms with van der Waals surface area (Å²) < 4.78 is 42.6. The lowest BCUT2D eigenvalue weighted by atomic mass is 10.1. The Balaban J connectivity index is 1.12. The van der Waals surface area contributed by atoms with Crippen molar-refractivity contribution < 1.29 is 22.7 Å². The number of anilines is 1. The third-order valence-electron chi connectivity index (χ3n) is 6.67. The van der Waals surface area contributed by atoms with Gasteiger partial charge in [0.15, 0.2) is 16.1 Å². The largest absolute Gasteiger partial charge is 0.573 e. The van der Waals surface area contributed by atoms with Crippen LogP contribution in [0.1, 0.15) is 30.9 Å². The first-order valence-electron chi connectivity index (χ1n) is 14.0. The molecule has 1 amide bonds. The van der Waals surface area contributed by atoms with E-state index in [0.717, 1.165) is 48.1 Å². The van der Waals surface area contributed by atoms with Crippen LogP contribution >= 0.6 is 24.0 Å². The van der Waals surface area contributed by atoms with Crippen LogP contribution < -0.4 is 15.0 Å². The van der Waals surface area contributed by atoms with Crippen molar-refractivity contribution in [1.29, 1.82) is 0 Å². The second-order valence-electron chi connectivity index (χ2n) is 9.88. The van der Waals surface area contributed by atoms with Crippen molar-refractivity contribution in [2.75, 3.05) is 17.2 Å². The lowest BCUT2D eigenvalue weighted by Gasteiger charge is -2.19. The summed E-state index contributed by atoms with van der Waals surface area (Å²) >= 11 is 6.86. The van der Waals surface area contributed by atoms with Crippen molar-refractivity contribution in [2.45, 2.75) is 39.0 Å². The molecule has 1 N–H and O–H groups in total. The predicted octanol–water partition coefficient (Wildman–Crippen LogP) is 6.73. The molecule has 0 unspecified atom stereocenters. The number of thiocarbonyl (C=S) groups is 1. The highest BCUT2D eigenvalue weighted by Gasteiger charge is 2.32. The molecule has 228 valence electrons. The number of halogens is 3. The van der Waals surface area contributed by atoms with E-state index in [1.807, 2.05) is 48.5 Å². The van der Waals surface area contributed by atoms with Gasteiger partial charge < -0.3 is 10.1 Å². The van der Waals surface area contributed by atoms with Gasteiger partial charge in [0.1, 0.15) is 12.1 Å². The zero-order valence-electron chi connectivity index (χ0n) is 23.8. The minimum Gasteiger partial charge on any atom is -0.406 e. The summed E-state index contributed by atoms with van der Waals surface area (Å²) in [6, 6.07) is 21.2. The number of amidine groups is 1. The molecule has 0 saturated carbocycles. The van der Waals surface area contributed by atoms with E-state index >= 15 is 0 Å². The molecule has 1 saturated heterocycles. The van der Waals surface area contributed by atoms with Crippen molar-refractivity contribution in [2.24, 2.45) is 4.99 Å². The molecule has 13 heteroatoms. The van der Waals surface area contributed by atoms with Crippen LogP contribution in [0, 0.1) is 0 Å². The minimum absolute atomic E-state index is 0.000804. The number of nitrogens with one attached hydrogen (secondary N) is 1. The Morgan fingerprint density at radius 1 is 1.07 bits per heavy atom. The highest BCUT2D eigenvalue weighted by Crippen LogP contribution is 2.30. The van der Waals surface area contributed by atoms with Crippen LogP contribution in [0.15, 0.2) is 84.1 Å². The van der Waals surface area contributed by atoms with Crippen LogP contribution in [0.2, 0.25) is 0 Å². The maximum absolute atomic E-state index is 12.7. The fourth-order valence-corrected chi connectivity index (χ4v) is 5.76. The molecule has 1 aliphatic heterocycles. The molecule has 1 aromatic heterocycles. The summed E-state index contributed by atoms with van der Waals surface area (Å²) in [5, 5.41) is 8.57. The van der Waals surface area contributed by atoms with Crippen LogP contribution in [-0.2, 0) is 17.6 Å². The third-order valence-corrected chi connectivity index (χ3v) is 7.83. The second-order valence-corrected chi connectivity index (χ2v) is 11.2. The van der Waals surface area contributed by atoms with Gasteiger partial charge in [-0.15, -0.1) is 18.3 Å². The van der Waals surface area contributed by atoms with Gasteiger partial charge in [-0.2, -0.15) is 4.99 Å². The molecule has 0 bridgehead atoms. The van der Waals surface area contributed by atoms with Crippen LogP contribution in [0.5, 0.6) is 5.75 Å². The Hall–Kier alpha value is -4.23. The standard InChI is InChI=1S/C31H29F3N6O2S2/c1-2-6-22-8-3-4-9-26(22)40-27(41)19-44-30(40)37-29(43)35-18-5-7-21-10-12-23(13-11-21)28-36-20-39(38-28)24-14-16-25(17-15-24)42-31(32,33)34/h3-4,8-17,20H,2,5-7,18-19H2,1H3,(H,35,43). The van der Waals surface area contributed by atoms with Crippen molar-refractivity contribution in [3.8, 4) is 22.8 Å². The number of para-hydroxylation sites is 1. The normalized spacial score (nSPS) is 14.3. The molecule has 1 aliphatic rings. The van der Waals surface area contributed by atoms with Gasteiger partial charge >= 0.3 is 6.36 Å². The first-order chi connectivity index (χ1) is 21.2. The summed E-state index contributed by atoms with van der Waals surface area (Å²) in [4.78, 5) is 23.2. The van der Waals surface area contributed by atoms with Gasteiger partial charge in [-0.05, 0) is 72.9 Å². The zero-order chi connectivity index (χ0) is 31.1. The van der Waals surface area contributed by atoms with Crippen molar-refractivity contribution in [3.05, 3.63) is 90.3 Å². The molecule has 3 aromatic carbocycles. The number of aromatic nitrogens is 3. The maximum atomic E-state index is 12.7. The van der Waals surface area contributed by atoms with Crippen LogP contribution in [0.3, 0.4) is 0 Å². The third kappa shape index (κ3) is 8.03. The Morgan fingerprint density at radius 3 is 2.55 bits per heavy atom. The Bertz CT molecular complexity index is 1640. The molecule has 0 radical (unpaired) electrons. The average Bonchev–Trinajstić information content (AvgIpc) is 3.63. The number of carbonyl (C=O) groups excluding carboxylic acids is 1. The first kappa shape index (κ1) is 31.2. The number of nitrogens with zero attached hydrogens (tertiary/aromatic N) is 5. The highest BCUT2D eigenvalue weighted by atomic mass is 32.2. The van der Waals surface area contributed by atoms with E-state index in [9.17, 15) is 18.0 Å². The van der Waals surface area contributed by atoms with Crippen LogP contribution in [0.25, 0.3) is 17.1 Å². The molecule has 44 heavy (non-hydrogen) atoms. The van der Waals surface area contributed by atoms with E-state index in [1.165, 1.54) is 47.0 Å². The number of amides is 1. The summed E-state index contributed by atoms with van der Waals surface area (Å²) in [6.45, 7) is 2.74. The summed E-state index contributed by atoms with van der Waals surface area (Å²) in [6.07, 6.45) is 0.248. The molecule has 1 fully saturated rings. The molecular weight excluding hydrogens is 610 g/mol. The van der Waals surface area contributed by atoms with E-state index < -0.39 is 6.36 Å². The number of carbonyl (C=O) groups is 1. The molecule has 0 atom stereocenters. The van der Waals surface area contributed by atoms with Gasteiger partial charge in [0.25, 0.3) is 0 Å². The fraction of sp³-hybridized carbons (Fsp3) is 0.258. The SMILES string of the molecule is CCCc1ccccc1N1C(=O)CSC1=NC(=S)NCCCc1ccc(-c2ncn(-c3ccc(OC(F)(F)F)cc3)n2)cc1.